The molecular formula is C19H34O6. The standard InChI is InChI=1S/C19H34O6/c1-4-22-18(20)24-16-11-9-12-17(14-16)25-19(21)23-13-8-6-5-7-10-15(2)3/h15-17H,4-14H2,1-3H3. The van der Waals surface area contributed by atoms with E-state index < -0.39 is 12.3 Å². The van der Waals surface area contributed by atoms with Gasteiger partial charge in [0.2, 0.25) is 0 Å². The van der Waals surface area contributed by atoms with E-state index >= 15 is 0 Å². The summed E-state index contributed by atoms with van der Waals surface area (Å²) in [7, 11) is 0. The van der Waals surface area contributed by atoms with Crippen molar-refractivity contribution in [2.24, 2.45) is 5.92 Å². The van der Waals surface area contributed by atoms with E-state index in [4.69, 9.17) is 18.9 Å². The molecule has 1 fully saturated rings. The molecule has 2 atom stereocenters. The Hall–Kier alpha value is -1.46. The molecule has 1 saturated carbocycles. The number of carbonyl (C=O) groups excluding carboxylic acids is 2. The van der Waals surface area contributed by atoms with Crippen molar-refractivity contribution < 1.29 is 28.5 Å². The molecule has 6 heteroatoms. The second-order valence-electron chi connectivity index (χ2n) is 7.02. The van der Waals surface area contributed by atoms with Gasteiger partial charge in [-0.15, -0.1) is 0 Å². The SMILES string of the molecule is CCOC(=O)OC1CCCC(OC(=O)OCCCCCCC(C)C)C1. The van der Waals surface area contributed by atoms with Gasteiger partial charge >= 0.3 is 12.3 Å². The predicted molar refractivity (Wildman–Crippen MR) is 94.5 cm³/mol. The van der Waals surface area contributed by atoms with E-state index in [9.17, 15) is 9.59 Å². The lowest BCUT2D eigenvalue weighted by molar-refractivity contribution is -0.0340. The van der Waals surface area contributed by atoms with Gasteiger partial charge in [-0.05, 0) is 38.5 Å². The first-order valence-corrected chi connectivity index (χ1v) is 9.68. The average molecular weight is 358 g/mol. The van der Waals surface area contributed by atoms with Crippen LogP contribution in [0.15, 0.2) is 0 Å². The van der Waals surface area contributed by atoms with Crippen molar-refractivity contribution in [3.05, 3.63) is 0 Å². The summed E-state index contributed by atoms with van der Waals surface area (Å²) in [5.41, 5.74) is 0. The monoisotopic (exact) mass is 358 g/mol. The first-order chi connectivity index (χ1) is 12.0. The van der Waals surface area contributed by atoms with Gasteiger partial charge in [0.15, 0.2) is 0 Å². The average Bonchev–Trinajstić information content (AvgIpc) is 2.54. The smallest absolute Gasteiger partial charge is 0.435 e. The Labute approximate surface area is 151 Å². The highest BCUT2D eigenvalue weighted by molar-refractivity contribution is 5.60. The first kappa shape index (κ1) is 21.6. The van der Waals surface area contributed by atoms with Crippen LogP contribution in [0.1, 0.15) is 78.6 Å². The van der Waals surface area contributed by atoms with E-state index in [1.807, 2.05) is 0 Å². The minimum atomic E-state index is -0.659. The maximum atomic E-state index is 11.7. The normalized spacial score (nSPS) is 20.2. The Morgan fingerprint density at radius 1 is 0.920 bits per heavy atom. The molecule has 146 valence electrons. The Morgan fingerprint density at radius 3 is 2.12 bits per heavy atom. The second-order valence-corrected chi connectivity index (χ2v) is 7.02. The van der Waals surface area contributed by atoms with Gasteiger partial charge in [0.05, 0.1) is 13.2 Å². The van der Waals surface area contributed by atoms with E-state index in [2.05, 4.69) is 13.8 Å². The molecule has 0 saturated heterocycles. The van der Waals surface area contributed by atoms with Crippen molar-refractivity contribution in [2.75, 3.05) is 13.2 Å². The number of rotatable bonds is 10. The molecule has 1 aliphatic carbocycles. The summed E-state index contributed by atoms with van der Waals surface area (Å²) in [5.74, 6) is 0.748. The summed E-state index contributed by atoms with van der Waals surface area (Å²) in [4.78, 5) is 23.1. The molecule has 0 N–H and O–H groups in total. The summed E-state index contributed by atoms with van der Waals surface area (Å²) in [6.07, 6.45) is 6.68. The third-order valence-electron chi connectivity index (χ3n) is 4.26. The zero-order valence-corrected chi connectivity index (χ0v) is 16.0. The minimum absolute atomic E-state index is 0.258. The Balaban J connectivity index is 2.10. The molecule has 0 amide bonds. The van der Waals surface area contributed by atoms with Crippen molar-refractivity contribution >= 4 is 12.3 Å². The van der Waals surface area contributed by atoms with E-state index in [0.717, 1.165) is 38.0 Å². The Bertz CT molecular complexity index is 382. The van der Waals surface area contributed by atoms with Crippen LogP contribution in [-0.2, 0) is 18.9 Å². The van der Waals surface area contributed by atoms with Gasteiger partial charge in [0, 0.05) is 6.42 Å². The number of hydrogen-bond donors (Lipinski definition) is 0. The van der Waals surface area contributed by atoms with Crippen LogP contribution in [0.5, 0.6) is 0 Å². The lowest BCUT2D eigenvalue weighted by Gasteiger charge is -2.27. The van der Waals surface area contributed by atoms with Crippen molar-refractivity contribution in [1.29, 1.82) is 0 Å². The van der Waals surface area contributed by atoms with Crippen molar-refractivity contribution in [2.45, 2.75) is 90.8 Å². The van der Waals surface area contributed by atoms with Crippen molar-refractivity contribution in [3.63, 3.8) is 0 Å². The van der Waals surface area contributed by atoms with Gasteiger partial charge in [-0.2, -0.15) is 0 Å². The highest BCUT2D eigenvalue weighted by atomic mass is 16.7. The predicted octanol–water partition coefficient (Wildman–Crippen LogP) is 5.23. The quantitative estimate of drug-likeness (QED) is 0.393. The summed E-state index contributed by atoms with van der Waals surface area (Å²) in [6, 6.07) is 0. The van der Waals surface area contributed by atoms with Gasteiger partial charge in [-0.3, -0.25) is 0 Å². The molecule has 0 aromatic heterocycles. The maximum absolute atomic E-state index is 11.7. The fourth-order valence-corrected chi connectivity index (χ4v) is 2.94. The Morgan fingerprint density at radius 2 is 1.52 bits per heavy atom. The largest absolute Gasteiger partial charge is 0.508 e. The van der Waals surface area contributed by atoms with E-state index in [1.165, 1.54) is 19.3 Å². The highest BCUT2D eigenvalue weighted by Crippen LogP contribution is 2.24. The van der Waals surface area contributed by atoms with Gasteiger partial charge in [0.25, 0.3) is 0 Å². The molecule has 6 nitrogen and oxygen atoms in total. The van der Waals surface area contributed by atoms with Crippen LogP contribution < -0.4 is 0 Å². The van der Waals surface area contributed by atoms with E-state index in [-0.39, 0.29) is 18.8 Å². The van der Waals surface area contributed by atoms with Crippen LogP contribution in [0.2, 0.25) is 0 Å². The third kappa shape index (κ3) is 10.9. The van der Waals surface area contributed by atoms with Gasteiger partial charge in [-0.1, -0.05) is 39.5 Å². The summed E-state index contributed by atoms with van der Waals surface area (Å²) in [5, 5.41) is 0. The summed E-state index contributed by atoms with van der Waals surface area (Å²) in [6.45, 7) is 6.87. The zero-order valence-electron chi connectivity index (χ0n) is 16.0. The molecule has 0 aromatic carbocycles. The number of unbranched alkanes of at least 4 members (excludes halogenated alkanes) is 3. The summed E-state index contributed by atoms with van der Waals surface area (Å²) >= 11 is 0. The first-order valence-electron chi connectivity index (χ1n) is 9.68. The molecule has 1 aliphatic rings. The lowest BCUT2D eigenvalue weighted by Crippen LogP contribution is -2.31. The number of carbonyl (C=O) groups is 2. The number of hydrogen-bond acceptors (Lipinski definition) is 6. The molecule has 0 aliphatic heterocycles. The zero-order chi connectivity index (χ0) is 18.5. The van der Waals surface area contributed by atoms with Crippen LogP contribution in [-0.4, -0.2) is 37.7 Å². The van der Waals surface area contributed by atoms with Crippen LogP contribution in [0.4, 0.5) is 9.59 Å². The molecule has 0 aromatic rings. The number of ether oxygens (including phenoxy) is 4. The molecule has 25 heavy (non-hydrogen) atoms. The van der Waals surface area contributed by atoms with Crippen LogP contribution in [0.25, 0.3) is 0 Å². The third-order valence-corrected chi connectivity index (χ3v) is 4.26. The van der Waals surface area contributed by atoms with Gasteiger partial charge in [0.1, 0.15) is 12.2 Å². The van der Waals surface area contributed by atoms with Crippen LogP contribution in [0, 0.1) is 5.92 Å². The fraction of sp³-hybridized carbons (Fsp3) is 0.895. The molecule has 2 unspecified atom stereocenters. The van der Waals surface area contributed by atoms with Gasteiger partial charge < -0.3 is 18.9 Å². The van der Waals surface area contributed by atoms with Crippen LogP contribution in [0.3, 0.4) is 0 Å². The van der Waals surface area contributed by atoms with Crippen molar-refractivity contribution in [1.82, 2.24) is 0 Å². The van der Waals surface area contributed by atoms with Crippen LogP contribution >= 0.6 is 0 Å². The molecular weight excluding hydrogens is 324 g/mol. The molecule has 0 heterocycles. The van der Waals surface area contributed by atoms with Crippen molar-refractivity contribution in [3.8, 4) is 0 Å². The lowest BCUT2D eigenvalue weighted by atomic mass is 9.95. The molecule has 0 spiro atoms. The maximum Gasteiger partial charge on any atom is 0.508 e. The molecule has 0 radical (unpaired) electrons. The fourth-order valence-electron chi connectivity index (χ4n) is 2.94. The Kier molecular flexibility index (Phi) is 11.1. The van der Waals surface area contributed by atoms with E-state index in [1.54, 1.807) is 6.92 Å². The van der Waals surface area contributed by atoms with Gasteiger partial charge in [-0.25, -0.2) is 9.59 Å². The second kappa shape index (κ2) is 12.8. The summed E-state index contributed by atoms with van der Waals surface area (Å²) < 4.78 is 20.4. The molecule has 0 bridgehead atoms. The topological polar surface area (TPSA) is 71.1 Å². The minimum Gasteiger partial charge on any atom is -0.435 e. The highest BCUT2D eigenvalue weighted by Gasteiger charge is 2.28. The van der Waals surface area contributed by atoms with E-state index in [0.29, 0.717) is 13.0 Å². The molecule has 1 rings (SSSR count).